The van der Waals surface area contributed by atoms with Crippen LogP contribution in [0.15, 0.2) is 36.5 Å². The van der Waals surface area contributed by atoms with Gasteiger partial charge in [0, 0.05) is 5.69 Å². The van der Waals surface area contributed by atoms with Gasteiger partial charge in [-0.05, 0) is 19.1 Å². The lowest BCUT2D eigenvalue weighted by Crippen LogP contribution is -2.18. The minimum atomic E-state index is -0.255. The molecule has 0 unspecified atom stereocenters. The van der Waals surface area contributed by atoms with Gasteiger partial charge >= 0.3 is 6.03 Å². The lowest BCUT2D eigenvalue weighted by molar-refractivity contribution is 0.262. The second-order valence-electron chi connectivity index (χ2n) is 3.19. The highest BCUT2D eigenvalue weighted by molar-refractivity contribution is 7.15. The van der Waals surface area contributed by atoms with Crippen LogP contribution in [-0.2, 0) is 0 Å². The van der Waals surface area contributed by atoms with Crippen LogP contribution in [0.4, 0.5) is 15.5 Å². The number of anilines is 2. The predicted octanol–water partition coefficient (Wildman–Crippen LogP) is 4.12. The highest BCUT2D eigenvalue weighted by Crippen LogP contribution is 2.17. The maximum Gasteiger partial charge on any atom is 0.324 e. The zero-order valence-corrected chi connectivity index (χ0v) is 11.5. The lowest BCUT2D eigenvalue weighted by Gasteiger charge is -2.04. The zero-order chi connectivity index (χ0) is 13.4. The third kappa shape index (κ3) is 4.55. The molecular formula is C13H17N3OS. The van der Waals surface area contributed by atoms with E-state index in [4.69, 9.17) is 0 Å². The lowest BCUT2D eigenvalue weighted by atomic mass is 10.3. The van der Waals surface area contributed by atoms with Gasteiger partial charge in [0.15, 0.2) is 0 Å². The molecule has 1 heterocycles. The minimum absolute atomic E-state index is 0.255. The first-order valence-corrected chi connectivity index (χ1v) is 6.61. The molecule has 1 aromatic heterocycles. The quantitative estimate of drug-likeness (QED) is 0.856. The number of para-hydroxylation sites is 1. The van der Waals surface area contributed by atoms with E-state index in [0.717, 1.165) is 15.7 Å². The van der Waals surface area contributed by atoms with Gasteiger partial charge in [0.25, 0.3) is 0 Å². The number of urea groups is 1. The van der Waals surface area contributed by atoms with Crippen LogP contribution in [0, 0.1) is 6.92 Å². The Hall–Kier alpha value is -1.88. The molecule has 0 aliphatic carbocycles. The standard InChI is InChI=1S/C11H11N3OS.C2H6/c1-8-12-7-10(16-8)14-11(15)13-9-5-3-2-4-6-9;1-2/h2-7H,1H3,(H2,13,14,15);1-2H3. The van der Waals surface area contributed by atoms with E-state index in [1.54, 1.807) is 6.20 Å². The third-order valence-corrected chi connectivity index (χ3v) is 2.72. The molecule has 0 saturated heterocycles. The van der Waals surface area contributed by atoms with E-state index in [0.29, 0.717) is 0 Å². The van der Waals surface area contributed by atoms with Crippen molar-refractivity contribution >= 4 is 28.1 Å². The average molecular weight is 263 g/mol. The van der Waals surface area contributed by atoms with Crippen LogP contribution in [0.5, 0.6) is 0 Å². The van der Waals surface area contributed by atoms with Crippen molar-refractivity contribution in [3.05, 3.63) is 41.5 Å². The number of aromatic nitrogens is 1. The van der Waals surface area contributed by atoms with Gasteiger partial charge in [-0.2, -0.15) is 0 Å². The number of rotatable bonds is 2. The van der Waals surface area contributed by atoms with E-state index in [-0.39, 0.29) is 6.03 Å². The fourth-order valence-corrected chi connectivity index (χ4v) is 1.89. The number of nitrogens with zero attached hydrogens (tertiary/aromatic N) is 1. The highest BCUT2D eigenvalue weighted by atomic mass is 32.1. The summed E-state index contributed by atoms with van der Waals surface area (Å²) in [4.78, 5) is 15.6. The summed E-state index contributed by atoms with van der Waals surface area (Å²) >= 11 is 1.44. The Kier molecular flexibility index (Phi) is 5.87. The van der Waals surface area contributed by atoms with Gasteiger partial charge in [0.05, 0.1) is 11.2 Å². The number of nitrogens with one attached hydrogen (secondary N) is 2. The van der Waals surface area contributed by atoms with Gasteiger partial charge < -0.3 is 5.32 Å². The number of benzene rings is 1. The summed E-state index contributed by atoms with van der Waals surface area (Å²) in [7, 11) is 0. The Labute approximate surface area is 111 Å². The van der Waals surface area contributed by atoms with Gasteiger partial charge in [0.2, 0.25) is 0 Å². The molecule has 1 aromatic carbocycles. The smallest absolute Gasteiger partial charge is 0.308 e. The van der Waals surface area contributed by atoms with Crippen molar-refractivity contribution in [3.63, 3.8) is 0 Å². The van der Waals surface area contributed by atoms with Gasteiger partial charge in [0.1, 0.15) is 5.00 Å². The molecule has 5 heteroatoms. The number of hydrogen-bond acceptors (Lipinski definition) is 3. The van der Waals surface area contributed by atoms with E-state index >= 15 is 0 Å². The Balaban J connectivity index is 0.000000771. The zero-order valence-electron chi connectivity index (χ0n) is 10.7. The Bertz CT molecular complexity index is 482. The van der Waals surface area contributed by atoms with Gasteiger partial charge in [-0.3, -0.25) is 5.32 Å². The molecule has 0 fully saturated rings. The normalized spacial score (nSPS) is 9.06. The molecule has 96 valence electrons. The Morgan fingerprint density at radius 1 is 1.17 bits per heavy atom. The SMILES string of the molecule is CC.Cc1ncc(NC(=O)Nc2ccccc2)s1. The molecular weight excluding hydrogens is 246 g/mol. The Morgan fingerprint density at radius 2 is 1.83 bits per heavy atom. The van der Waals surface area contributed by atoms with E-state index in [9.17, 15) is 4.79 Å². The van der Waals surface area contributed by atoms with E-state index in [1.807, 2.05) is 51.1 Å². The summed E-state index contributed by atoms with van der Waals surface area (Å²) in [6, 6.07) is 9.04. The van der Waals surface area contributed by atoms with Crippen LogP contribution in [-0.4, -0.2) is 11.0 Å². The largest absolute Gasteiger partial charge is 0.324 e. The maximum atomic E-state index is 11.5. The summed E-state index contributed by atoms with van der Waals surface area (Å²) in [6.07, 6.45) is 1.64. The van der Waals surface area contributed by atoms with E-state index in [2.05, 4.69) is 15.6 Å². The molecule has 0 aliphatic heterocycles. The van der Waals surface area contributed by atoms with Crippen molar-refractivity contribution in [2.24, 2.45) is 0 Å². The molecule has 0 bridgehead atoms. The molecule has 0 spiro atoms. The second kappa shape index (κ2) is 7.45. The van der Waals surface area contributed by atoms with Crippen molar-refractivity contribution in [2.75, 3.05) is 10.6 Å². The monoisotopic (exact) mass is 263 g/mol. The molecule has 0 aliphatic rings. The fraction of sp³-hybridized carbons (Fsp3) is 0.231. The van der Waals surface area contributed by atoms with Crippen molar-refractivity contribution in [1.29, 1.82) is 0 Å². The first-order chi connectivity index (χ1) is 8.74. The first-order valence-electron chi connectivity index (χ1n) is 5.79. The number of thiazole rings is 1. The number of carbonyl (C=O) groups is 1. The summed E-state index contributed by atoms with van der Waals surface area (Å²) in [5.74, 6) is 0. The number of amides is 2. The number of aryl methyl sites for hydroxylation is 1. The van der Waals surface area contributed by atoms with Crippen LogP contribution < -0.4 is 10.6 Å². The highest BCUT2D eigenvalue weighted by Gasteiger charge is 2.04. The average Bonchev–Trinajstić information content (AvgIpc) is 2.78. The van der Waals surface area contributed by atoms with Crippen molar-refractivity contribution in [2.45, 2.75) is 20.8 Å². The molecule has 0 saturated carbocycles. The molecule has 2 amide bonds. The summed E-state index contributed by atoms with van der Waals surface area (Å²) < 4.78 is 0. The molecule has 2 aromatic rings. The molecule has 2 N–H and O–H groups in total. The van der Waals surface area contributed by atoms with Crippen LogP contribution >= 0.6 is 11.3 Å². The van der Waals surface area contributed by atoms with Crippen LogP contribution in [0.3, 0.4) is 0 Å². The van der Waals surface area contributed by atoms with Crippen molar-refractivity contribution < 1.29 is 4.79 Å². The van der Waals surface area contributed by atoms with Crippen LogP contribution in [0.2, 0.25) is 0 Å². The molecule has 4 nitrogen and oxygen atoms in total. The fourth-order valence-electron chi connectivity index (χ4n) is 1.21. The third-order valence-electron chi connectivity index (χ3n) is 1.89. The summed E-state index contributed by atoms with van der Waals surface area (Å²) in [6.45, 7) is 5.89. The number of hydrogen-bond donors (Lipinski definition) is 2. The van der Waals surface area contributed by atoms with Gasteiger partial charge in [-0.1, -0.05) is 32.0 Å². The van der Waals surface area contributed by atoms with Gasteiger partial charge in [-0.25, -0.2) is 9.78 Å². The maximum absolute atomic E-state index is 11.5. The van der Waals surface area contributed by atoms with Crippen LogP contribution in [0.1, 0.15) is 18.9 Å². The topological polar surface area (TPSA) is 54.0 Å². The molecule has 18 heavy (non-hydrogen) atoms. The molecule has 0 atom stereocenters. The second-order valence-corrected chi connectivity index (χ2v) is 4.42. The van der Waals surface area contributed by atoms with E-state index in [1.165, 1.54) is 11.3 Å². The molecule has 0 radical (unpaired) electrons. The Morgan fingerprint density at radius 3 is 2.39 bits per heavy atom. The summed E-state index contributed by atoms with van der Waals surface area (Å²) in [5, 5.41) is 7.11. The van der Waals surface area contributed by atoms with Gasteiger partial charge in [-0.15, -0.1) is 11.3 Å². The predicted molar refractivity (Wildman–Crippen MR) is 77.3 cm³/mol. The minimum Gasteiger partial charge on any atom is -0.308 e. The van der Waals surface area contributed by atoms with E-state index < -0.39 is 0 Å². The van der Waals surface area contributed by atoms with Crippen molar-refractivity contribution in [3.8, 4) is 0 Å². The summed E-state index contributed by atoms with van der Waals surface area (Å²) in [5.41, 5.74) is 0.765. The van der Waals surface area contributed by atoms with Crippen LogP contribution in [0.25, 0.3) is 0 Å². The van der Waals surface area contributed by atoms with Crippen molar-refractivity contribution in [1.82, 2.24) is 4.98 Å². The molecule has 2 rings (SSSR count). The number of carbonyl (C=O) groups excluding carboxylic acids is 1. The first kappa shape index (κ1) is 14.2.